The minimum atomic E-state index is -0.655. The number of cyclic esters (lactones) is 1. The first-order valence-corrected chi connectivity index (χ1v) is 9.73. The summed E-state index contributed by atoms with van der Waals surface area (Å²) in [6.45, 7) is 2.26. The number of ether oxygens (including phenoxy) is 1. The van der Waals surface area contributed by atoms with E-state index in [-0.39, 0.29) is 5.97 Å². The zero-order chi connectivity index (χ0) is 17.9. The molecule has 0 aromatic heterocycles. The van der Waals surface area contributed by atoms with Gasteiger partial charge in [0.25, 0.3) is 0 Å². The second-order valence-electron chi connectivity index (χ2n) is 6.45. The third kappa shape index (κ3) is 18.7. The maximum atomic E-state index is 10.3. The zero-order valence-corrected chi connectivity index (χ0v) is 15.4. The van der Waals surface area contributed by atoms with Crippen molar-refractivity contribution in [3.05, 3.63) is 12.3 Å². The predicted octanol–water partition coefficient (Wildman–Crippen LogP) is 6.00. The molecule has 0 fully saturated rings. The molecule has 1 N–H and O–H groups in total. The lowest BCUT2D eigenvalue weighted by molar-refractivity contribution is -0.137. The van der Waals surface area contributed by atoms with E-state index < -0.39 is 5.97 Å². The second-order valence-corrected chi connectivity index (χ2v) is 6.45. The van der Waals surface area contributed by atoms with Crippen molar-refractivity contribution >= 4 is 11.9 Å². The van der Waals surface area contributed by atoms with Crippen molar-refractivity contribution in [1.29, 1.82) is 0 Å². The third-order valence-electron chi connectivity index (χ3n) is 4.07. The molecule has 140 valence electrons. The summed E-state index contributed by atoms with van der Waals surface area (Å²) in [7, 11) is 0. The van der Waals surface area contributed by atoms with Crippen molar-refractivity contribution in [2.24, 2.45) is 0 Å². The van der Waals surface area contributed by atoms with Gasteiger partial charge >= 0.3 is 11.9 Å². The van der Waals surface area contributed by atoms with Crippen LogP contribution in [-0.2, 0) is 14.3 Å². The van der Waals surface area contributed by atoms with Gasteiger partial charge in [0.05, 0.1) is 12.7 Å². The fourth-order valence-electron chi connectivity index (χ4n) is 2.61. The van der Waals surface area contributed by atoms with Crippen molar-refractivity contribution < 1.29 is 19.4 Å². The molecule has 1 rings (SSSR count). The molecule has 1 aliphatic rings. The van der Waals surface area contributed by atoms with Gasteiger partial charge in [0.1, 0.15) is 0 Å². The Morgan fingerprint density at radius 3 is 1.67 bits per heavy atom. The highest BCUT2D eigenvalue weighted by Gasteiger charge is 2.01. The van der Waals surface area contributed by atoms with E-state index in [1.54, 1.807) is 6.08 Å². The van der Waals surface area contributed by atoms with Crippen LogP contribution in [0.1, 0.15) is 103 Å². The lowest BCUT2D eigenvalue weighted by atomic mass is 10.0. The monoisotopic (exact) mass is 340 g/mol. The number of carbonyl (C=O) groups excluding carboxylic acids is 1. The summed E-state index contributed by atoms with van der Waals surface area (Å²) >= 11 is 0. The fraction of sp³-hybridized carbons (Fsp3) is 0.800. The molecule has 1 aliphatic heterocycles. The number of hydrogen-bond acceptors (Lipinski definition) is 3. The van der Waals surface area contributed by atoms with Crippen LogP contribution in [0.3, 0.4) is 0 Å². The fourth-order valence-corrected chi connectivity index (χ4v) is 2.61. The van der Waals surface area contributed by atoms with Crippen molar-refractivity contribution in [1.82, 2.24) is 0 Å². The van der Waals surface area contributed by atoms with Crippen LogP contribution in [0.25, 0.3) is 0 Å². The number of carbonyl (C=O) groups is 2. The molecule has 4 nitrogen and oxygen atoms in total. The van der Waals surface area contributed by atoms with Crippen LogP contribution in [0.2, 0.25) is 0 Å². The van der Waals surface area contributed by atoms with Crippen LogP contribution >= 0.6 is 0 Å². The van der Waals surface area contributed by atoms with Crippen molar-refractivity contribution in [2.45, 2.75) is 103 Å². The van der Waals surface area contributed by atoms with E-state index in [0.29, 0.717) is 12.8 Å². The Kier molecular flexibility index (Phi) is 17.0. The van der Waals surface area contributed by atoms with Gasteiger partial charge in [-0.3, -0.25) is 9.59 Å². The number of hydrogen-bond donors (Lipinski definition) is 1. The quantitative estimate of drug-likeness (QED) is 0.311. The molecule has 0 aliphatic carbocycles. The number of carboxylic acid groups (broad SMARTS) is 1. The Hall–Kier alpha value is -1.32. The Morgan fingerprint density at radius 2 is 1.38 bits per heavy atom. The van der Waals surface area contributed by atoms with Gasteiger partial charge in [-0.15, -0.1) is 0 Å². The highest BCUT2D eigenvalue weighted by molar-refractivity contribution is 5.73. The Bertz CT molecular complexity index is 327. The minimum Gasteiger partial charge on any atom is -0.481 e. The van der Waals surface area contributed by atoms with Gasteiger partial charge in [0.15, 0.2) is 0 Å². The molecule has 1 heterocycles. The SMILES string of the molecule is CCCCCCCCCCCCCCCC(=O)O.O=C1CC=CO1. The largest absolute Gasteiger partial charge is 0.481 e. The number of esters is 1. The molecule has 0 saturated heterocycles. The molecule has 0 unspecified atom stereocenters. The van der Waals surface area contributed by atoms with E-state index in [0.717, 1.165) is 12.8 Å². The molecule has 0 amide bonds. The third-order valence-corrected chi connectivity index (χ3v) is 4.07. The van der Waals surface area contributed by atoms with Crippen LogP contribution < -0.4 is 0 Å². The van der Waals surface area contributed by atoms with Gasteiger partial charge in [-0.25, -0.2) is 0 Å². The first kappa shape index (κ1) is 22.7. The highest BCUT2D eigenvalue weighted by atomic mass is 16.5. The molecule has 0 aromatic carbocycles. The molecule has 0 bridgehead atoms. The zero-order valence-electron chi connectivity index (χ0n) is 15.4. The minimum absolute atomic E-state index is 0.157. The molecule has 4 heteroatoms. The first-order chi connectivity index (χ1) is 11.7. The number of unbranched alkanes of at least 4 members (excludes halogenated alkanes) is 12. The normalized spacial score (nSPS) is 12.6. The predicted molar refractivity (Wildman–Crippen MR) is 97.8 cm³/mol. The topological polar surface area (TPSA) is 63.6 Å². The molecular formula is C20H36O4. The molecule has 0 saturated carbocycles. The standard InChI is InChI=1S/C16H32O2.C4H4O2/c1-2-3-4-5-6-7-8-9-10-11-12-13-14-15-16(17)18;5-4-2-1-3-6-4/h2-15H2,1H3,(H,17,18);1,3H,2H2. The van der Waals surface area contributed by atoms with Crippen LogP contribution in [-0.4, -0.2) is 17.0 Å². The van der Waals surface area contributed by atoms with E-state index in [2.05, 4.69) is 11.7 Å². The summed E-state index contributed by atoms with van der Waals surface area (Å²) in [5.41, 5.74) is 0. The van der Waals surface area contributed by atoms with Crippen LogP contribution in [0.5, 0.6) is 0 Å². The summed E-state index contributed by atoms with van der Waals surface area (Å²) in [5.74, 6) is -0.812. The van der Waals surface area contributed by atoms with E-state index in [4.69, 9.17) is 5.11 Å². The second kappa shape index (κ2) is 18.0. The lowest BCUT2D eigenvalue weighted by Crippen LogP contribution is -1.93. The first-order valence-electron chi connectivity index (χ1n) is 9.73. The molecule has 24 heavy (non-hydrogen) atoms. The Balaban J connectivity index is 0.000000728. The van der Waals surface area contributed by atoms with Crippen LogP contribution in [0.15, 0.2) is 12.3 Å². The maximum absolute atomic E-state index is 10.3. The van der Waals surface area contributed by atoms with Gasteiger partial charge in [-0.2, -0.15) is 0 Å². The Labute approximate surface area is 147 Å². The number of aliphatic carboxylic acids is 1. The van der Waals surface area contributed by atoms with Crippen LogP contribution in [0.4, 0.5) is 0 Å². The van der Waals surface area contributed by atoms with E-state index >= 15 is 0 Å². The number of carboxylic acids is 1. The van der Waals surface area contributed by atoms with Crippen molar-refractivity contribution in [3.63, 3.8) is 0 Å². The van der Waals surface area contributed by atoms with E-state index in [1.807, 2.05) is 0 Å². The molecule has 0 spiro atoms. The number of rotatable bonds is 14. The lowest BCUT2D eigenvalue weighted by Gasteiger charge is -2.02. The van der Waals surface area contributed by atoms with Gasteiger partial charge in [-0.05, 0) is 12.5 Å². The average Bonchev–Trinajstić information content (AvgIpc) is 3.03. The average molecular weight is 341 g/mol. The summed E-state index contributed by atoms with van der Waals surface area (Å²) in [6, 6.07) is 0. The Morgan fingerprint density at radius 1 is 0.917 bits per heavy atom. The summed E-state index contributed by atoms with van der Waals surface area (Å²) < 4.78 is 4.33. The van der Waals surface area contributed by atoms with Gasteiger partial charge < -0.3 is 9.84 Å². The van der Waals surface area contributed by atoms with E-state index in [9.17, 15) is 9.59 Å². The summed E-state index contributed by atoms with van der Waals surface area (Å²) in [4.78, 5) is 20.3. The summed E-state index contributed by atoms with van der Waals surface area (Å²) in [6.07, 6.45) is 20.8. The molecule has 0 radical (unpaired) electrons. The van der Waals surface area contributed by atoms with Gasteiger partial charge in [0, 0.05) is 6.42 Å². The maximum Gasteiger partial charge on any atom is 0.314 e. The van der Waals surface area contributed by atoms with Gasteiger partial charge in [-0.1, -0.05) is 84.0 Å². The van der Waals surface area contributed by atoms with Gasteiger partial charge in [0.2, 0.25) is 0 Å². The van der Waals surface area contributed by atoms with Crippen LogP contribution in [0, 0.1) is 0 Å². The molecule has 0 aromatic rings. The van der Waals surface area contributed by atoms with Crippen molar-refractivity contribution in [2.75, 3.05) is 0 Å². The van der Waals surface area contributed by atoms with Crippen molar-refractivity contribution in [3.8, 4) is 0 Å². The molecular weight excluding hydrogens is 304 g/mol. The van der Waals surface area contributed by atoms with E-state index in [1.165, 1.54) is 76.9 Å². The summed E-state index contributed by atoms with van der Waals surface area (Å²) in [5, 5.41) is 8.49. The smallest absolute Gasteiger partial charge is 0.314 e. The highest BCUT2D eigenvalue weighted by Crippen LogP contribution is 2.12. The molecule has 0 atom stereocenters.